The van der Waals surface area contributed by atoms with E-state index in [1.54, 1.807) is 0 Å². The zero-order valence-electron chi connectivity index (χ0n) is 14.9. The largest absolute Gasteiger partial charge is 0.316 e. The topological polar surface area (TPSA) is 41.1 Å². The summed E-state index contributed by atoms with van der Waals surface area (Å²) in [4.78, 5) is 11.9. The van der Waals surface area contributed by atoms with E-state index in [2.05, 4.69) is 71.8 Å². The van der Waals surface area contributed by atoms with Crippen molar-refractivity contribution < 1.29 is 0 Å². The van der Waals surface area contributed by atoms with Crippen molar-refractivity contribution in [2.75, 3.05) is 33.7 Å². The van der Waals surface area contributed by atoms with Gasteiger partial charge in [0.2, 0.25) is 0 Å². The highest BCUT2D eigenvalue weighted by molar-refractivity contribution is 5.86. The molecule has 0 spiro atoms. The van der Waals surface area contributed by atoms with Crippen molar-refractivity contribution in [2.24, 2.45) is 0 Å². The Morgan fingerprint density at radius 3 is 2.68 bits per heavy atom. The first-order chi connectivity index (χ1) is 12.2. The summed E-state index contributed by atoms with van der Waals surface area (Å²) in [5.74, 6) is 0.955. The molecular weight excluding hydrogens is 308 g/mol. The van der Waals surface area contributed by atoms with Crippen LogP contribution in [0.15, 0.2) is 54.7 Å². The fraction of sp³-hybridized carbons (Fsp3) is 0.333. The Kier molecular flexibility index (Phi) is 4.24. The van der Waals surface area contributed by atoms with E-state index in [1.807, 2.05) is 12.3 Å². The molecule has 0 radical (unpaired) electrons. The van der Waals surface area contributed by atoms with Gasteiger partial charge in [0.15, 0.2) is 0 Å². The summed E-state index contributed by atoms with van der Waals surface area (Å²) in [6.45, 7) is 2.92. The van der Waals surface area contributed by atoms with E-state index in [4.69, 9.17) is 4.98 Å². The van der Waals surface area contributed by atoms with Gasteiger partial charge in [-0.05, 0) is 50.0 Å². The molecular formula is C21H24N4. The zero-order valence-corrected chi connectivity index (χ0v) is 14.9. The number of benzene rings is 2. The van der Waals surface area contributed by atoms with Crippen LogP contribution in [0.4, 0.5) is 0 Å². The van der Waals surface area contributed by atoms with Gasteiger partial charge >= 0.3 is 0 Å². The van der Waals surface area contributed by atoms with Crippen LogP contribution in [0.2, 0.25) is 0 Å². The summed E-state index contributed by atoms with van der Waals surface area (Å²) in [5.41, 5.74) is 2.14. The molecule has 1 aliphatic rings. The highest BCUT2D eigenvalue weighted by atomic mass is 15.1. The molecule has 1 fully saturated rings. The quantitative estimate of drug-likeness (QED) is 0.797. The van der Waals surface area contributed by atoms with E-state index in [0.29, 0.717) is 0 Å². The number of likely N-dealkylation sites (N-methyl/N-ethyl adjacent to an activating group) is 1. The van der Waals surface area contributed by atoms with Gasteiger partial charge in [-0.1, -0.05) is 36.4 Å². The number of aromatic nitrogens is 2. The van der Waals surface area contributed by atoms with E-state index >= 15 is 0 Å². The van der Waals surface area contributed by atoms with Gasteiger partial charge in [-0.3, -0.25) is 0 Å². The first-order valence-electron chi connectivity index (χ1n) is 8.84. The van der Waals surface area contributed by atoms with Crippen LogP contribution >= 0.6 is 0 Å². The van der Waals surface area contributed by atoms with Crippen LogP contribution in [0.3, 0.4) is 0 Å². The molecule has 1 saturated heterocycles. The molecule has 128 valence electrons. The lowest BCUT2D eigenvalue weighted by Crippen LogP contribution is -2.41. The number of nitrogens with one attached hydrogen (secondary N) is 1. The van der Waals surface area contributed by atoms with Crippen LogP contribution in [-0.4, -0.2) is 48.6 Å². The first kappa shape index (κ1) is 16.2. The number of hydrogen-bond donors (Lipinski definition) is 1. The maximum absolute atomic E-state index is 4.98. The minimum atomic E-state index is -0.00361. The maximum atomic E-state index is 4.98. The summed E-state index contributed by atoms with van der Waals surface area (Å²) in [7, 11) is 4.24. The summed E-state index contributed by atoms with van der Waals surface area (Å²) in [5, 5.41) is 5.99. The molecule has 1 N–H and O–H groups in total. The van der Waals surface area contributed by atoms with Crippen molar-refractivity contribution in [3.63, 3.8) is 0 Å². The van der Waals surface area contributed by atoms with Crippen molar-refractivity contribution in [2.45, 2.75) is 11.8 Å². The number of rotatable bonds is 4. The Balaban J connectivity index is 1.75. The van der Waals surface area contributed by atoms with E-state index in [0.717, 1.165) is 43.1 Å². The van der Waals surface area contributed by atoms with E-state index in [9.17, 15) is 0 Å². The van der Waals surface area contributed by atoms with Gasteiger partial charge in [0.25, 0.3) is 0 Å². The Morgan fingerprint density at radius 2 is 1.92 bits per heavy atom. The molecule has 0 amide bonds. The second-order valence-corrected chi connectivity index (χ2v) is 7.27. The molecule has 0 aliphatic carbocycles. The zero-order chi connectivity index (χ0) is 17.3. The number of nitrogens with zero attached hydrogens (tertiary/aromatic N) is 3. The van der Waals surface area contributed by atoms with Gasteiger partial charge in [-0.25, -0.2) is 9.97 Å². The maximum Gasteiger partial charge on any atom is 0.137 e. The van der Waals surface area contributed by atoms with Crippen molar-refractivity contribution in [3.05, 3.63) is 60.6 Å². The van der Waals surface area contributed by atoms with Crippen molar-refractivity contribution in [1.82, 2.24) is 20.2 Å². The summed E-state index contributed by atoms with van der Waals surface area (Å²) in [6, 6.07) is 17.0. The van der Waals surface area contributed by atoms with Crippen LogP contribution in [-0.2, 0) is 5.41 Å². The minimum absolute atomic E-state index is 0.00361. The van der Waals surface area contributed by atoms with E-state index in [1.165, 1.54) is 10.8 Å². The fourth-order valence-electron chi connectivity index (χ4n) is 3.87. The van der Waals surface area contributed by atoms with Gasteiger partial charge in [0.05, 0.1) is 11.1 Å². The van der Waals surface area contributed by atoms with Crippen LogP contribution in [0.1, 0.15) is 12.2 Å². The monoisotopic (exact) mass is 332 g/mol. The summed E-state index contributed by atoms with van der Waals surface area (Å²) in [6.07, 6.45) is 2.98. The second kappa shape index (κ2) is 6.54. The second-order valence-electron chi connectivity index (χ2n) is 7.27. The molecule has 2 heterocycles. The number of hydrogen-bond acceptors (Lipinski definition) is 4. The van der Waals surface area contributed by atoms with Crippen LogP contribution in [0.5, 0.6) is 0 Å². The van der Waals surface area contributed by atoms with Gasteiger partial charge in [0.1, 0.15) is 5.82 Å². The molecule has 4 rings (SSSR count). The van der Waals surface area contributed by atoms with Gasteiger partial charge in [-0.2, -0.15) is 0 Å². The van der Waals surface area contributed by atoms with Crippen LogP contribution < -0.4 is 5.32 Å². The van der Waals surface area contributed by atoms with Crippen molar-refractivity contribution in [3.8, 4) is 11.3 Å². The normalized spacial score (nSPS) is 20.4. The van der Waals surface area contributed by atoms with Crippen LogP contribution in [0, 0.1) is 0 Å². The van der Waals surface area contributed by atoms with Gasteiger partial charge < -0.3 is 10.2 Å². The average molecular weight is 332 g/mol. The molecule has 4 heteroatoms. The predicted octanol–water partition coefficient (Wildman–Crippen LogP) is 3.09. The van der Waals surface area contributed by atoms with E-state index in [-0.39, 0.29) is 5.41 Å². The van der Waals surface area contributed by atoms with Crippen LogP contribution in [0.25, 0.3) is 22.0 Å². The lowest BCUT2D eigenvalue weighted by molar-refractivity contribution is 0.286. The molecule has 1 atom stereocenters. The third-order valence-electron chi connectivity index (χ3n) is 5.04. The smallest absolute Gasteiger partial charge is 0.137 e. The molecule has 3 aromatic rings. The molecule has 1 aromatic heterocycles. The van der Waals surface area contributed by atoms with Gasteiger partial charge in [-0.15, -0.1) is 0 Å². The Morgan fingerprint density at radius 1 is 1.08 bits per heavy atom. The molecule has 1 aliphatic heterocycles. The van der Waals surface area contributed by atoms with E-state index < -0.39 is 0 Å². The third-order valence-corrected chi connectivity index (χ3v) is 5.04. The predicted molar refractivity (Wildman–Crippen MR) is 103 cm³/mol. The Bertz CT molecular complexity index is 882. The van der Waals surface area contributed by atoms with Crippen molar-refractivity contribution >= 4 is 10.8 Å². The Hall–Kier alpha value is -2.30. The molecule has 0 bridgehead atoms. The number of fused-ring (bicyclic) bond motifs is 1. The molecule has 2 aromatic carbocycles. The fourth-order valence-corrected chi connectivity index (χ4v) is 3.87. The molecule has 4 nitrogen and oxygen atoms in total. The third kappa shape index (κ3) is 3.15. The average Bonchev–Trinajstić information content (AvgIpc) is 3.10. The highest BCUT2D eigenvalue weighted by Gasteiger charge is 2.39. The first-order valence-corrected chi connectivity index (χ1v) is 8.84. The minimum Gasteiger partial charge on any atom is -0.316 e. The summed E-state index contributed by atoms with van der Waals surface area (Å²) < 4.78 is 0. The Labute approximate surface area is 148 Å². The lowest BCUT2D eigenvalue weighted by atomic mass is 9.85. The van der Waals surface area contributed by atoms with Crippen molar-refractivity contribution in [1.29, 1.82) is 0 Å². The SMILES string of the molecule is CN(C)C[C@@]1(c2nccc(-c3ccc4ccccc4c3)n2)CCNC1. The summed E-state index contributed by atoms with van der Waals surface area (Å²) >= 11 is 0. The highest BCUT2D eigenvalue weighted by Crippen LogP contribution is 2.30. The molecule has 0 saturated carbocycles. The standard InChI is InChI=1S/C21H24N4/c1-25(2)15-21(10-12-22-14-21)20-23-11-9-19(24-20)18-8-7-16-5-3-4-6-17(16)13-18/h3-9,11,13,22H,10,12,14-15H2,1-2H3/t21-/m1/s1. The molecule has 25 heavy (non-hydrogen) atoms. The van der Waals surface area contributed by atoms with Gasteiger partial charge in [0, 0.05) is 24.8 Å². The molecule has 0 unspecified atom stereocenters. The lowest BCUT2D eigenvalue weighted by Gasteiger charge is -2.30.